The summed E-state index contributed by atoms with van der Waals surface area (Å²) in [7, 11) is 0. The van der Waals surface area contributed by atoms with Crippen molar-refractivity contribution < 1.29 is 34.4 Å². The van der Waals surface area contributed by atoms with Gasteiger partial charge in [-0.15, -0.1) is 0 Å². The molecule has 0 bridgehead atoms. The average Bonchev–Trinajstić information content (AvgIpc) is 2.54. The molecule has 0 saturated carbocycles. The second kappa shape index (κ2) is 6.24. The lowest BCUT2D eigenvalue weighted by molar-refractivity contribution is -0.181. The number of aliphatic hydroxyl groups is 1. The zero-order valence-corrected chi connectivity index (χ0v) is 13.8. The summed E-state index contributed by atoms with van der Waals surface area (Å²) in [6.07, 6.45) is -1.23. The number of aliphatic carboxylic acids is 1. The molecule has 3 rings (SSSR count). The molecule has 0 radical (unpaired) electrons. The molecule has 0 amide bonds. The number of rotatable bonds is 4. The third-order valence-electron chi connectivity index (χ3n) is 5.05. The van der Waals surface area contributed by atoms with Gasteiger partial charge in [-0.3, -0.25) is 14.4 Å². The number of carbonyl (C=O) groups is 3. The van der Waals surface area contributed by atoms with E-state index < -0.39 is 41.3 Å². The number of carbonyl (C=O) groups excluding carboxylic acids is 2. The Hall–Kier alpha value is -2.25. The Balaban J connectivity index is 2.10. The molecule has 1 saturated heterocycles. The number of ketones is 2. The molecule has 7 heteroatoms. The number of aromatic hydroxyl groups is 1. The van der Waals surface area contributed by atoms with Gasteiger partial charge in [-0.25, -0.2) is 0 Å². The lowest BCUT2D eigenvalue weighted by atomic mass is 9.64. The number of Topliss-reactive ketones (excluding diaryl/α,β-unsaturated/α-hetero) is 2. The van der Waals surface area contributed by atoms with E-state index in [9.17, 15) is 24.6 Å². The molecule has 25 heavy (non-hydrogen) atoms. The molecule has 4 atom stereocenters. The maximum atomic E-state index is 13.0. The van der Waals surface area contributed by atoms with E-state index in [2.05, 4.69) is 0 Å². The number of carboxylic acid groups (broad SMARTS) is 1. The third-order valence-corrected chi connectivity index (χ3v) is 5.05. The van der Waals surface area contributed by atoms with Gasteiger partial charge in [0.05, 0.1) is 30.1 Å². The molecule has 1 heterocycles. The Morgan fingerprint density at radius 2 is 2.08 bits per heavy atom. The average molecular weight is 348 g/mol. The van der Waals surface area contributed by atoms with E-state index >= 15 is 0 Å². The van der Waals surface area contributed by atoms with Crippen molar-refractivity contribution in [3.8, 4) is 5.75 Å². The number of carboxylic acids is 1. The number of hydrogen-bond donors (Lipinski definition) is 3. The molecule has 1 fully saturated rings. The van der Waals surface area contributed by atoms with E-state index in [0.717, 1.165) is 0 Å². The van der Waals surface area contributed by atoms with Crippen molar-refractivity contribution in [1.29, 1.82) is 0 Å². The van der Waals surface area contributed by atoms with Gasteiger partial charge in [0, 0.05) is 5.56 Å². The lowest BCUT2D eigenvalue weighted by Gasteiger charge is -2.48. The van der Waals surface area contributed by atoms with Crippen LogP contribution in [0.15, 0.2) is 18.2 Å². The summed E-state index contributed by atoms with van der Waals surface area (Å²) < 4.78 is 5.70. The molecule has 1 aliphatic carbocycles. The topological polar surface area (TPSA) is 121 Å². The highest BCUT2D eigenvalue weighted by molar-refractivity contribution is 6.20. The number of fused-ring (bicyclic) bond motifs is 2. The van der Waals surface area contributed by atoms with Crippen LogP contribution in [-0.4, -0.2) is 50.7 Å². The van der Waals surface area contributed by atoms with Gasteiger partial charge in [0.2, 0.25) is 5.78 Å². The minimum absolute atomic E-state index is 0.0529. The van der Waals surface area contributed by atoms with Crippen LogP contribution in [0, 0.1) is 5.92 Å². The fraction of sp³-hybridized carbons (Fsp3) is 0.500. The number of hydrogen-bond acceptors (Lipinski definition) is 6. The van der Waals surface area contributed by atoms with Gasteiger partial charge in [0.1, 0.15) is 5.75 Å². The second-order valence-electron chi connectivity index (χ2n) is 6.64. The summed E-state index contributed by atoms with van der Waals surface area (Å²) >= 11 is 0. The van der Waals surface area contributed by atoms with Crippen LogP contribution in [0.4, 0.5) is 0 Å². The minimum atomic E-state index is -2.09. The highest BCUT2D eigenvalue weighted by Gasteiger charge is 2.61. The number of benzene rings is 1. The molecule has 3 N–H and O–H groups in total. The quantitative estimate of drug-likeness (QED) is 0.755. The summed E-state index contributed by atoms with van der Waals surface area (Å²) in [6, 6.07) is 4.19. The summed E-state index contributed by atoms with van der Waals surface area (Å²) in [5, 5.41) is 30.3. The van der Waals surface area contributed by atoms with Crippen molar-refractivity contribution in [3.05, 3.63) is 29.3 Å². The van der Waals surface area contributed by atoms with Gasteiger partial charge >= 0.3 is 5.97 Å². The third kappa shape index (κ3) is 2.63. The van der Waals surface area contributed by atoms with Crippen LogP contribution < -0.4 is 0 Å². The maximum Gasteiger partial charge on any atom is 0.305 e. The molecule has 134 valence electrons. The fourth-order valence-corrected chi connectivity index (χ4v) is 3.92. The standard InChI is InChI=1S/C18H20O7/c1-2-4-13-18(24)11(7-9(25-13)8-14(20)21)16(22)10-5-3-6-12(19)15(10)17(18)23/h3,5-6,9,11,13,19,24H,2,4,7-8H2,1H3,(H,20,21)/t9-,11+,13+,18-/m0/s1. The Morgan fingerprint density at radius 3 is 2.72 bits per heavy atom. The molecule has 0 spiro atoms. The second-order valence-corrected chi connectivity index (χ2v) is 6.64. The van der Waals surface area contributed by atoms with Crippen LogP contribution in [0.1, 0.15) is 53.3 Å². The van der Waals surface area contributed by atoms with Gasteiger partial charge in [-0.2, -0.15) is 0 Å². The highest BCUT2D eigenvalue weighted by atomic mass is 16.5. The van der Waals surface area contributed by atoms with E-state index in [-0.39, 0.29) is 29.7 Å². The first-order valence-corrected chi connectivity index (χ1v) is 8.31. The van der Waals surface area contributed by atoms with Crippen molar-refractivity contribution >= 4 is 17.5 Å². The van der Waals surface area contributed by atoms with E-state index in [4.69, 9.17) is 9.84 Å². The molecule has 2 aliphatic rings. The summed E-state index contributed by atoms with van der Waals surface area (Å²) in [4.78, 5) is 36.9. The van der Waals surface area contributed by atoms with Crippen LogP contribution in [-0.2, 0) is 9.53 Å². The maximum absolute atomic E-state index is 13.0. The van der Waals surface area contributed by atoms with Gasteiger partial charge in [0.15, 0.2) is 11.4 Å². The summed E-state index contributed by atoms with van der Waals surface area (Å²) in [6.45, 7) is 1.84. The van der Waals surface area contributed by atoms with Crippen molar-refractivity contribution in [2.45, 2.75) is 50.4 Å². The minimum Gasteiger partial charge on any atom is -0.507 e. The first-order valence-electron chi connectivity index (χ1n) is 8.31. The molecule has 0 aromatic heterocycles. The lowest BCUT2D eigenvalue weighted by Crippen LogP contribution is -2.65. The van der Waals surface area contributed by atoms with Crippen LogP contribution in [0.25, 0.3) is 0 Å². The van der Waals surface area contributed by atoms with Gasteiger partial charge in [-0.05, 0) is 18.9 Å². The van der Waals surface area contributed by atoms with E-state index in [1.54, 1.807) is 0 Å². The number of phenolic OH excluding ortho intramolecular Hbond substituents is 1. The Kier molecular flexibility index (Phi) is 4.38. The smallest absolute Gasteiger partial charge is 0.305 e. The molecular formula is C18H20O7. The molecular weight excluding hydrogens is 328 g/mol. The Morgan fingerprint density at radius 1 is 1.36 bits per heavy atom. The van der Waals surface area contributed by atoms with Crippen LogP contribution in [0.5, 0.6) is 5.75 Å². The monoisotopic (exact) mass is 348 g/mol. The predicted molar refractivity (Wildman–Crippen MR) is 85.6 cm³/mol. The SMILES string of the molecule is CCC[C@H]1O[C@H](CC(=O)O)C[C@@H]2C(=O)c3cccc(O)c3C(=O)[C@]21O. The van der Waals surface area contributed by atoms with Crippen LogP contribution in [0.3, 0.4) is 0 Å². The van der Waals surface area contributed by atoms with Crippen molar-refractivity contribution in [3.63, 3.8) is 0 Å². The fourth-order valence-electron chi connectivity index (χ4n) is 3.92. The van der Waals surface area contributed by atoms with E-state index in [1.165, 1.54) is 18.2 Å². The van der Waals surface area contributed by atoms with Gasteiger partial charge in [0.25, 0.3) is 0 Å². The summed E-state index contributed by atoms with van der Waals surface area (Å²) in [5.41, 5.74) is -2.22. The van der Waals surface area contributed by atoms with Gasteiger partial charge in [-0.1, -0.05) is 25.5 Å². The predicted octanol–water partition coefficient (Wildman–Crippen LogP) is 1.55. The zero-order valence-electron chi connectivity index (χ0n) is 13.8. The molecule has 1 aromatic carbocycles. The first-order chi connectivity index (χ1) is 11.8. The summed E-state index contributed by atoms with van der Waals surface area (Å²) in [5.74, 6) is -3.71. The molecule has 1 aromatic rings. The zero-order chi connectivity index (χ0) is 18.4. The normalized spacial score (nSPS) is 31.4. The van der Waals surface area contributed by atoms with Gasteiger partial charge < -0.3 is 20.1 Å². The number of ether oxygens (including phenoxy) is 1. The van der Waals surface area contributed by atoms with Crippen LogP contribution in [0.2, 0.25) is 0 Å². The molecule has 7 nitrogen and oxygen atoms in total. The van der Waals surface area contributed by atoms with E-state index in [1.807, 2.05) is 6.92 Å². The van der Waals surface area contributed by atoms with Crippen molar-refractivity contribution in [1.82, 2.24) is 0 Å². The first kappa shape index (κ1) is 17.6. The Bertz CT molecular complexity index is 741. The highest BCUT2D eigenvalue weighted by Crippen LogP contribution is 2.46. The molecule has 1 aliphatic heterocycles. The number of phenols is 1. The van der Waals surface area contributed by atoms with Crippen LogP contribution >= 0.6 is 0 Å². The largest absolute Gasteiger partial charge is 0.507 e. The van der Waals surface area contributed by atoms with E-state index in [0.29, 0.717) is 12.8 Å². The Labute approximate surface area is 144 Å². The van der Waals surface area contributed by atoms with Crippen molar-refractivity contribution in [2.24, 2.45) is 5.92 Å². The molecule has 0 unspecified atom stereocenters. The van der Waals surface area contributed by atoms with Crippen molar-refractivity contribution in [2.75, 3.05) is 0 Å².